The van der Waals surface area contributed by atoms with Gasteiger partial charge in [0.25, 0.3) is 5.91 Å². The zero-order valence-corrected chi connectivity index (χ0v) is 12.3. The Bertz CT molecular complexity index is 761. The summed E-state index contributed by atoms with van der Waals surface area (Å²) in [5, 5.41) is 0. The SMILES string of the molecule is CCc1oc2c(C)c3n(c2c1C)C(=O)C(C)(C)OC3=O. The van der Waals surface area contributed by atoms with Gasteiger partial charge in [0.2, 0.25) is 0 Å². The summed E-state index contributed by atoms with van der Waals surface area (Å²) in [6, 6.07) is 0. The van der Waals surface area contributed by atoms with E-state index in [-0.39, 0.29) is 11.6 Å². The fourth-order valence-electron chi connectivity index (χ4n) is 2.84. The Morgan fingerprint density at radius 2 is 1.80 bits per heavy atom. The van der Waals surface area contributed by atoms with Crippen molar-refractivity contribution in [2.24, 2.45) is 0 Å². The first kappa shape index (κ1) is 13.0. The number of nitrogens with zero attached hydrogens (tertiary/aromatic N) is 1. The second kappa shape index (κ2) is 3.75. The second-order valence-electron chi connectivity index (χ2n) is 5.70. The lowest BCUT2D eigenvalue weighted by atomic mass is 10.1. The summed E-state index contributed by atoms with van der Waals surface area (Å²) < 4.78 is 12.5. The molecule has 0 saturated carbocycles. The molecule has 0 bridgehead atoms. The van der Waals surface area contributed by atoms with E-state index in [1.54, 1.807) is 20.8 Å². The molecule has 5 nitrogen and oxygen atoms in total. The molecule has 3 heterocycles. The monoisotopic (exact) mass is 275 g/mol. The second-order valence-corrected chi connectivity index (χ2v) is 5.70. The lowest BCUT2D eigenvalue weighted by molar-refractivity contribution is -0.00844. The molecule has 20 heavy (non-hydrogen) atoms. The summed E-state index contributed by atoms with van der Waals surface area (Å²) in [5.41, 5.74) is 2.01. The van der Waals surface area contributed by atoms with Gasteiger partial charge in [0, 0.05) is 17.5 Å². The first-order valence-corrected chi connectivity index (χ1v) is 6.71. The zero-order valence-electron chi connectivity index (χ0n) is 12.3. The number of furan rings is 1. The topological polar surface area (TPSA) is 61.4 Å². The number of hydrogen-bond acceptors (Lipinski definition) is 4. The normalized spacial score (nSPS) is 17.4. The van der Waals surface area contributed by atoms with E-state index in [4.69, 9.17) is 9.15 Å². The molecule has 0 spiro atoms. The number of aromatic nitrogens is 1. The van der Waals surface area contributed by atoms with Gasteiger partial charge in [-0.1, -0.05) is 6.92 Å². The fraction of sp³-hybridized carbons (Fsp3) is 0.467. The minimum absolute atomic E-state index is 0.239. The molecule has 0 saturated heterocycles. The molecular weight excluding hydrogens is 258 g/mol. The molecule has 1 aliphatic heterocycles. The molecule has 0 aliphatic carbocycles. The van der Waals surface area contributed by atoms with Crippen LogP contribution in [0.4, 0.5) is 0 Å². The smallest absolute Gasteiger partial charge is 0.356 e. The minimum atomic E-state index is -1.15. The van der Waals surface area contributed by atoms with Gasteiger partial charge in [0.15, 0.2) is 11.2 Å². The first-order valence-electron chi connectivity index (χ1n) is 6.71. The van der Waals surface area contributed by atoms with E-state index in [2.05, 4.69) is 0 Å². The number of esters is 1. The Morgan fingerprint density at radius 3 is 2.40 bits per heavy atom. The Hall–Kier alpha value is -2.04. The van der Waals surface area contributed by atoms with Crippen molar-refractivity contribution >= 4 is 23.0 Å². The third kappa shape index (κ3) is 1.38. The molecule has 0 amide bonds. The van der Waals surface area contributed by atoms with Crippen molar-refractivity contribution in [3.8, 4) is 0 Å². The van der Waals surface area contributed by atoms with Crippen molar-refractivity contribution in [3.63, 3.8) is 0 Å². The molecule has 106 valence electrons. The van der Waals surface area contributed by atoms with E-state index in [1.165, 1.54) is 4.57 Å². The molecule has 1 aliphatic rings. The fourth-order valence-corrected chi connectivity index (χ4v) is 2.84. The highest BCUT2D eigenvalue weighted by Gasteiger charge is 2.44. The highest BCUT2D eigenvalue weighted by Crippen LogP contribution is 2.37. The molecule has 0 aromatic carbocycles. The van der Waals surface area contributed by atoms with Crippen LogP contribution in [-0.4, -0.2) is 22.0 Å². The van der Waals surface area contributed by atoms with Gasteiger partial charge < -0.3 is 9.15 Å². The number of ether oxygens (including phenoxy) is 1. The molecule has 2 aromatic rings. The molecule has 3 rings (SSSR count). The minimum Gasteiger partial charge on any atom is -0.459 e. The van der Waals surface area contributed by atoms with E-state index in [0.717, 1.165) is 17.7 Å². The van der Waals surface area contributed by atoms with Gasteiger partial charge in [-0.2, -0.15) is 0 Å². The van der Waals surface area contributed by atoms with Crippen LogP contribution in [0.1, 0.15) is 52.9 Å². The summed E-state index contributed by atoms with van der Waals surface area (Å²) in [4.78, 5) is 24.8. The Morgan fingerprint density at radius 1 is 1.15 bits per heavy atom. The molecule has 2 aromatic heterocycles. The van der Waals surface area contributed by atoms with Gasteiger partial charge in [0.05, 0.1) is 5.52 Å². The number of cyclic esters (lactones) is 1. The van der Waals surface area contributed by atoms with E-state index in [9.17, 15) is 9.59 Å². The van der Waals surface area contributed by atoms with Crippen molar-refractivity contribution in [1.82, 2.24) is 4.57 Å². The highest BCUT2D eigenvalue weighted by atomic mass is 16.6. The number of fused-ring (bicyclic) bond motifs is 3. The van der Waals surface area contributed by atoms with Gasteiger partial charge in [0.1, 0.15) is 11.5 Å². The van der Waals surface area contributed by atoms with Crippen molar-refractivity contribution in [3.05, 3.63) is 22.6 Å². The van der Waals surface area contributed by atoms with Crippen LogP contribution < -0.4 is 0 Å². The molecular formula is C15H17NO4. The predicted octanol–water partition coefficient (Wildman–Crippen LogP) is 3.00. The largest absolute Gasteiger partial charge is 0.459 e. The summed E-state index contributed by atoms with van der Waals surface area (Å²) in [6.07, 6.45) is 0.747. The maximum atomic E-state index is 12.6. The van der Waals surface area contributed by atoms with Crippen LogP contribution in [0.5, 0.6) is 0 Å². The number of aryl methyl sites for hydroxylation is 3. The summed E-state index contributed by atoms with van der Waals surface area (Å²) >= 11 is 0. The van der Waals surface area contributed by atoms with E-state index in [0.29, 0.717) is 16.7 Å². The Balaban J connectivity index is 2.45. The Kier molecular flexibility index (Phi) is 2.43. The van der Waals surface area contributed by atoms with Crippen molar-refractivity contribution in [2.45, 2.75) is 46.6 Å². The predicted molar refractivity (Wildman–Crippen MR) is 73.2 cm³/mol. The van der Waals surface area contributed by atoms with Gasteiger partial charge in [-0.3, -0.25) is 9.36 Å². The van der Waals surface area contributed by atoms with Crippen LogP contribution in [0.15, 0.2) is 4.42 Å². The van der Waals surface area contributed by atoms with E-state index in [1.807, 2.05) is 13.8 Å². The van der Waals surface area contributed by atoms with E-state index >= 15 is 0 Å². The van der Waals surface area contributed by atoms with Crippen LogP contribution in [0.3, 0.4) is 0 Å². The van der Waals surface area contributed by atoms with Crippen LogP contribution in [0, 0.1) is 13.8 Å². The average Bonchev–Trinajstić information content (AvgIpc) is 2.83. The number of hydrogen-bond donors (Lipinski definition) is 0. The first-order chi connectivity index (χ1) is 9.29. The number of rotatable bonds is 1. The van der Waals surface area contributed by atoms with Crippen molar-refractivity contribution in [1.29, 1.82) is 0 Å². The molecule has 0 unspecified atom stereocenters. The molecule has 0 N–H and O–H groups in total. The summed E-state index contributed by atoms with van der Waals surface area (Å²) in [5.74, 6) is 0.130. The van der Waals surface area contributed by atoms with Gasteiger partial charge in [-0.25, -0.2) is 4.79 Å². The van der Waals surface area contributed by atoms with Crippen LogP contribution >= 0.6 is 0 Å². The lowest BCUT2D eigenvalue weighted by Crippen LogP contribution is -2.46. The van der Waals surface area contributed by atoms with Crippen LogP contribution in [0.2, 0.25) is 0 Å². The maximum absolute atomic E-state index is 12.6. The third-order valence-electron chi connectivity index (χ3n) is 3.94. The lowest BCUT2D eigenvalue weighted by Gasteiger charge is -2.29. The van der Waals surface area contributed by atoms with Crippen LogP contribution in [-0.2, 0) is 11.2 Å². The average molecular weight is 275 g/mol. The summed E-state index contributed by atoms with van der Waals surface area (Å²) in [6.45, 7) is 8.90. The van der Waals surface area contributed by atoms with Crippen molar-refractivity contribution < 1.29 is 18.7 Å². The van der Waals surface area contributed by atoms with Gasteiger partial charge in [-0.15, -0.1) is 0 Å². The van der Waals surface area contributed by atoms with Crippen molar-refractivity contribution in [2.75, 3.05) is 0 Å². The molecule has 0 atom stereocenters. The summed E-state index contributed by atoms with van der Waals surface area (Å²) in [7, 11) is 0. The van der Waals surface area contributed by atoms with Gasteiger partial charge >= 0.3 is 5.97 Å². The third-order valence-corrected chi connectivity index (χ3v) is 3.94. The Labute approximate surface area is 116 Å². The highest BCUT2D eigenvalue weighted by molar-refractivity contribution is 6.10. The van der Waals surface area contributed by atoms with E-state index < -0.39 is 11.6 Å². The molecule has 5 heteroatoms. The van der Waals surface area contributed by atoms with Crippen LogP contribution in [0.25, 0.3) is 11.1 Å². The number of carbonyl (C=O) groups excluding carboxylic acids is 2. The maximum Gasteiger partial charge on any atom is 0.356 e. The number of carbonyl (C=O) groups is 2. The quantitative estimate of drug-likeness (QED) is 0.750. The molecule has 0 fully saturated rings. The standard InChI is InChI=1S/C15H17NO4/c1-6-9-7(2)10-12(19-9)8(3)11-13(17)20-15(4,5)14(18)16(10)11/h6H2,1-5H3. The molecule has 0 radical (unpaired) electrons. The van der Waals surface area contributed by atoms with Gasteiger partial charge in [-0.05, 0) is 27.7 Å². The zero-order chi connectivity index (χ0) is 14.8.